The largest absolute Gasteiger partial charge is 0.444 e. The van der Waals surface area contributed by atoms with E-state index < -0.39 is 5.60 Å². The molecule has 1 saturated heterocycles. The second kappa shape index (κ2) is 7.23. The van der Waals surface area contributed by atoms with Crippen LogP contribution in [0.5, 0.6) is 0 Å². The summed E-state index contributed by atoms with van der Waals surface area (Å²) in [4.78, 5) is 14.7. The van der Waals surface area contributed by atoms with Gasteiger partial charge in [-0.15, -0.1) is 0 Å². The van der Waals surface area contributed by atoms with E-state index in [0.29, 0.717) is 0 Å². The molecule has 0 N–H and O–H groups in total. The Morgan fingerprint density at radius 1 is 1.20 bits per heavy atom. The van der Waals surface area contributed by atoms with E-state index in [0.717, 1.165) is 25.7 Å². The highest BCUT2D eigenvalue weighted by molar-refractivity contribution is 5.74. The number of rotatable bonds is 3. The van der Waals surface area contributed by atoms with E-state index in [1.807, 2.05) is 25.7 Å². The van der Waals surface area contributed by atoms with Crippen LogP contribution in [0.15, 0.2) is 30.3 Å². The zero-order chi connectivity index (χ0) is 18.0. The van der Waals surface area contributed by atoms with Crippen molar-refractivity contribution < 1.29 is 9.53 Å². The summed E-state index contributed by atoms with van der Waals surface area (Å²) in [6.45, 7) is 8.02. The lowest BCUT2D eigenvalue weighted by Crippen LogP contribution is -2.53. The number of hydrogen-bond donors (Lipinski definition) is 0. The number of amides is 1. The van der Waals surface area contributed by atoms with Gasteiger partial charge in [0.1, 0.15) is 5.60 Å². The minimum atomic E-state index is -0.440. The predicted octanol–water partition coefficient (Wildman–Crippen LogP) is 5.58. The molecule has 0 aromatic heterocycles. The molecule has 0 spiro atoms. The number of carbonyl (C=O) groups excluding carboxylic acids is 1. The van der Waals surface area contributed by atoms with Crippen LogP contribution in [0.3, 0.4) is 0 Å². The molecule has 3 heteroatoms. The van der Waals surface area contributed by atoms with Crippen LogP contribution in [0.25, 0.3) is 5.57 Å². The fourth-order valence-corrected chi connectivity index (χ4v) is 4.02. The Labute approximate surface area is 152 Å². The predicted molar refractivity (Wildman–Crippen MR) is 103 cm³/mol. The maximum atomic E-state index is 12.7. The smallest absolute Gasteiger partial charge is 0.411 e. The van der Waals surface area contributed by atoms with E-state index in [9.17, 15) is 4.79 Å². The number of hydrogen-bond acceptors (Lipinski definition) is 2. The Kier molecular flexibility index (Phi) is 5.21. The number of piperidine rings is 1. The van der Waals surface area contributed by atoms with Gasteiger partial charge in [0, 0.05) is 6.04 Å². The molecule has 2 aliphatic rings. The van der Waals surface area contributed by atoms with Gasteiger partial charge < -0.3 is 4.74 Å². The molecule has 2 bridgehead atoms. The molecule has 136 valence electrons. The maximum absolute atomic E-state index is 12.7. The van der Waals surface area contributed by atoms with E-state index in [4.69, 9.17) is 4.74 Å². The lowest BCUT2D eigenvalue weighted by Gasteiger charge is -2.45. The Balaban J connectivity index is 1.80. The zero-order valence-corrected chi connectivity index (χ0v) is 16.0. The monoisotopic (exact) mass is 341 g/mol. The molecule has 2 aliphatic heterocycles. The van der Waals surface area contributed by atoms with Crippen molar-refractivity contribution in [1.29, 1.82) is 0 Å². The summed E-state index contributed by atoms with van der Waals surface area (Å²) in [6.07, 6.45) is 8.68. The van der Waals surface area contributed by atoms with E-state index in [2.05, 4.69) is 37.3 Å². The molecule has 25 heavy (non-hydrogen) atoms. The third-order valence-electron chi connectivity index (χ3n) is 5.10. The standard InChI is InChI=1S/C22H31NO2/c1-5-7-16-10-12-17(13-11-16)18-14-19-8-6-9-20(15-18)23(19)21(24)25-22(2,3)4/h10-14,19-20H,5-9,15H2,1-4H3. The lowest BCUT2D eigenvalue weighted by molar-refractivity contribution is 0.0000860. The molecule has 1 amide bonds. The van der Waals surface area contributed by atoms with Crippen LogP contribution in [0.4, 0.5) is 4.79 Å². The van der Waals surface area contributed by atoms with Gasteiger partial charge in [0.2, 0.25) is 0 Å². The van der Waals surface area contributed by atoms with E-state index >= 15 is 0 Å². The summed E-state index contributed by atoms with van der Waals surface area (Å²) in [5, 5.41) is 0. The quantitative estimate of drug-likeness (QED) is 0.718. The van der Waals surface area contributed by atoms with Gasteiger partial charge in [-0.25, -0.2) is 4.79 Å². The van der Waals surface area contributed by atoms with Crippen molar-refractivity contribution in [2.24, 2.45) is 0 Å². The molecule has 1 aromatic rings. The van der Waals surface area contributed by atoms with Gasteiger partial charge in [0.15, 0.2) is 0 Å². The minimum Gasteiger partial charge on any atom is -0.444 e. The maximum Gasteiger partial charge on any atom is 0.411 e. The fraction of sp³-hybridized carbons (Fsp3) is 0.591. The lowest BCUT2D eigenvalue weighted by atomic mass is 9.83. The van der Waals surface area contributed by atoms with Gasteiger partial charge in [-0.2, -0.15) is 0 Å². The molecule has 0 radical (unpaired) electrons. The van der Waals surface area contributed by atoms with Crippen LogP contribution >= 0.6 is 0 Å². The van der Waals surface area contributed by atoms with Gasteiger partial charge in [-0.05, 0) is 69.6 Å². The number of ether oxygens (including phenoxy) is 1. The van der Waals surface area contributed by atoms with Gasteiger partial charge in [0.05, 0.1) is 6.04 Å². The summed E-state index contributed by atoms with van der Waals surface area (Å²) in [5.74, 6) is 0. The molecular formula is C22H31NO2. The van der Waals surface area contributed by atoms with Gasteiger partial charge >= 0.3 is 6.09 Å². The van der Waals surface area contributed by atoms with E-state index in [1.54, 1.807) is 0 Å². The number of aryl methyl sites for hydroxylation is 1. The Morgan fingerprint density at radius 3 is 2.52 bits per heavy atom. The first-order chi connectivity index (χ1) is 11.9. The second-order valence-electron chi connectivity index (χ2n) is 8.38. The fourth-order valence-electron chi connectivity index (χ4n) is 4.02. The molecule has 2 unspecified atom stereocenters. The summed E-state index contributed by atoms with van der Waals surface area (Å²) < 4.78 is 5.65. The Morgan fingerprint density at radius 2 is 1.92 bits per heavy atom. The molecule has 0 saturated carbocycles. The average molecular weight is 341 g/mol. The van der Waals surface area contributed by atoms with Gasteiger partial charge in [-0.1, -0.05) is 43.7 Å². The Bertz CT molecular complexity index is 639. The first kappa shape index (κ1) is 18.0. The van der Waals surface area contributed by atoms with Crippen molar-refractivity contribution in [3.05, 3.63) is 41.5 Å². The third kappa shape index (κ3) is 4.26. The van der Waals surface area contributed by atoms with Crippen molar-refractivity contribution in [2.75, 3.05) is 0 Å². The van der Waals surface area contributed by atoms with Crippen molar-refractivity contribution in [3.8, 4) is 0 Å². The van der Waals surface area contributed by atoms with E-state index in [1.165, 1.54) is 29.5 Å². The minimum absolute atomic E-state index is 0.157. The molecular weight excluding hydrogens is 310 g/mol. The zero-order valence-electron chi connectivity index (χ0n) is 16.0. The van der Waals surface area contributed by atoms with Crippen LogP contribution in [-0.2, 0) is 11.2 Å². The SMILES string of the molecule is CCCc1ccc(C2=CC3CCCC(C2)N3C(=O)OC(C)(C)C)cc1. The highest BCUT2D eigenvalue weighted by Gasteiger charge is 2.39. The Hall–Kier alpha value is -1.77. The van der Waals surface area contributed by atoms with Crippen LogP contribution in [0, 0.1) is 0 Å². The van der Waals surface area contributed by atoms with Crippen LogP contribution in [0.2, 0.25) is 0 Å². The molecule has 0 aliphatic carbocycles. The van der Waals surface area contributed by atoms with Crippen molar-refractivity contribution >= 4 is 11.7 Å². The average Bonchev–Trinajstić information content (AvgIpc) is 2.53. The molecule has 1 aromatic carbocycles. The highest BCUT2D eigenvalue weighted by atomic mass is 16.6. The van der Waals surface area contributed by atoms with Gasteiger partial charge in [0.25, 0.3) is 0 Å². The first-order valence-electron chi connectivity index (χ1n) is 9.68. The normalized spacial score (nSPS) is 23.2. The van der Waals surface area contributed by atoms with Crippen molar-refractivity contribution in [3.63, 3.8) is 0 Å². The number of carbonyl (C=O) groups is 1. The number of benzene rings is 1. The summed E-state index contributed by atoms with van der Waals surface area (Å²) >= 11 is 0. The first-order valence-corrected chi connectivity index (χ1v) is 9.68. The molecule has 2 atom stereocenters. The summed E-state index contributed by atoms with van der Waals surface area (Å²) in [5.41, 5.74) is 3.65. The van der Waals surface area contributed by atoms with Crippen LogP contribution < -0.4 is 0 Å². The summed E-state index contributed by atoms with van der Waals surface area (Å²) in [7, 11) is 0. The van der Waals surface area contributed by atoms with Crippen molar-refractivity contribution in [2.45, 2.75) is 83.9 Å². The topological polar surface area (TPSA) is 29.5 Å². The molecule has 3 rings (SSSR count). The van der Waals surface area contributed by atoms with Gasteiger partial charge in [-0.3, -0.25) is 4.90 Å². The van der Waals surface area contributed by atoms with Crippen molar-refractivity contribution in [1.82, 2.24) is 4.90 Å². The van der Waals surface area contributed by atoms with Crippen LogP contribution in [-0.4, -0.2) is 28.7 Å². The summed E-state index contributed by atoms with van der Waals surface area (Å²) in [6, 6.07) is 9.42. The molecule has 3 nitrogen and oxygen atoms in total. The molecule has 2 heterocycles. The molecule has 1 fully saturated rings. The highest BCUT2D eigenvalue weighted by Crippen LogP contribution is 2.38. The van der Waals surface area contributed by atoms with E-state index in [-0.39, 0.29) is 18.2 Å². The second-order valence-corrected chi connectivity index (χ2v) is 8.38. The number of nitrogens with zero attached hydrogens (tertiary/aromatic N) is 1. The number of fused-ring (bicyclic) bond motifs is 2. The third-order valence-corrected chi connectivity index (χ3v) is 5.10. The van der Waals surface area contributed by atoms with Crippen LogP contribution in [0.1, 0.15) is 70.9 Å².